The van der Waals surface area contributed by atoms with Crippen molar-refractivity contribution in [2.45, 2.75) is 0 Å². The zero-order chi connectivity index (χ0) is 9.84. The third-order valence-electron chi connectivity index (χ3n) is 1.35. The van der Waals surface area contributed by atoms with E-state index in [-0.39, 0.29) is 11.3 Å². The zero-order valence-corrected chi connectivity index (χ0v) is 7.50. The monoisotopic (exact) mass is 196 g/mol. The van der Waals surface area contributed by atoms with Gasteiger partial charge in [0.05, 0.1) is 17.7 Å². The Morgan fingerprint density at radius 2 is 2.46 bits per heavy atom. The SMILES string of the molecule is COC(=O)c1ncc(Cl)cc1C#N. The number of rotatable bonds is 1. The summed E-state index contributed by atoms with van der Waals surface area (Å²) < 4.78 is 4.42. The van der Waals surface area contributed by atoms with Crippen LogP contribution < -0.4 is 0 Å². The van der Waals surface area contributed by atoms with Gasteiger partial charge in [0.15, 0.2) is 5.69 Å². The second-order valence-corrected chi connectivity index (χ2v) is 2.59. The van der Waals surface area contributed by atoms with Crippen LogP contribution in [-0.2, 0) is 4.74 Å². The van der Waals surface area contributed by atoms with Crippen molar-refractivity contribution in [3.63, 3.8) is 0 Å². The average Bonchev–Trinajstić information content (AvgIpc) is 2.16. The lowest BCUT2D eigenvalue weighted by atomic mass is 10.2. The highest BCUT2D eigenvalue weighted by Gasteiger charge is 2.13. The Kier molecular flexibility index (Phi) is 2.83. The third kappa shape index (κ3) is 1.95. The third-order valence-corrected chi connectivity index (χ3v) is 1.56. The Balaban J connectivity index is 3.23. The Hall–Kier alpha value is -1.60. The number of hydrogen-bond acceptors (Lipinski definition) is 4. The van der Waals surface area contributed by atoms with Crippen LogP contribution >= 0.6 is 11.6 Å². The standard InChI is InChI=1S/C8H5ClN2O2/c1-13-8(12)7-5(3-10)2-6(9)4-11-7/h2,4H,1H3. The number of nitrogens with zero attached hydrogens (tertiary/aromatic N) is 2. The highest BCUT2D eigenvalue weighted by molar-refractivity contribution is 6.30. The summed E-state index contributed by atoms with van der Waals surface area (Å²) in [5.41, 5.74) is 0.0914. The minimum Gasteiger partial charge on any atom is -0.464 e. The van der Waals surface area contributed by atoms with Crippen LogP contribution in [0.5, 0.6) is 0 Å². The van der Waals surface area contributed by atoms with Crippen molar-refractivity contribution in [2.75, 3.05) is 7.11 Å². The number of carbonyl (C=O) groups is 1. The predicted molar refractivity (Wildman–Crippen MR) is 45.3 cm³/mol. The molecule has 1 heterocycles. The first-order chi connectivity index (χ1) is 6.19. The van der Waals surface area contributed by atoms with Crippen LogP contribution in [0.25, 0.3) is 0 Å². The number of carbonyl (C=O) groups excluding carboxylic acids is 1. The first-order valence-corrected chi connectivity index (χ1v) is 3.70. The smallest absolute Gasteiger partial charge is 0.358 e. The minimum atomic E-state index is -0.645. The molecule has 0 bridgehead atoms. The van der Waals surface area contributed by atoms with Gasteiger partial charge in [0, 0.05) is 6.20 Å². The lowest BCUT2D eigenvalue weighted by Crippen LogP contribution is -2.06. The molecular weight excluding hydrogens is 192 g/mol. The maximum atomic E-state index is 11.0. The van der Waals surface area contributed by atoms with Crippen LogP contribution in [0.1, 0.15) is 16.1 Å². The van der Waals surface area contributed by atoms with Gasteiger partial charge >= 0.3 is 5.97 Å². The summed E-state index contributed by atoms with van der Waals surface area (Å²) in [7, 11) is 1.22. The fourth-order valence-electron chi connectivity index (χ4n) is 0.784. The topological polar surface area (TPSA) is 63.0 Å². The fraction of sp³-hybridized carbons (Fsp3) is 0.125. The Bertz CT molecular complexity index is 384. The number of methoxy groups -OCH3 is 1. The van der Waals surface area contributed by atoms with Crippen LogP contribution in [-0.4, -0.2) is 18.1 Å². The molecule has 1 aromatic rings. The van der Waals surface area contributed by atoms with E-state index in [1.54, 1.807) is 6.07 Å². The molecule has 0 aliphatic heterocycles. The highest BCUT2D eigenvalue weighted by Crippen LogP contribution is 2.12. The molecule has 0 aromatic carbocycles. The van der Waals surface area contributed by atoms with Gasteiger partial charge in [0.1, 0.15) is 6.07 Å². The van der Waals surface area contributed by atoms with E-state index in [0.29, 0.717) is 5.02 Å². The zero-order valence-electron chi connectivity index (χ0n) is 6.74. The molecule has 0 amide bonds. The van der Waals surface area contributed by atoms with E-state index in [9.17, 15) is 4.79 Å². The summed E-state index contributed by atoms with van der Waals surface area (Å²) in [6.07, 6.45) is 1.29. The molecule has 1 aromatic heterocycles. The molecule has 13 heavy (non-hydrogen) atoms. The van der Waals surface area contributed by atoms with Crippen molar-refractivity contribution in [1.82, 2.24) is 4.98 Å². The number of halogens is 1. The molecule has 0 saturated carbocycles. The first-order valence-electron chi connectivity index (χ1n) is 3.33. The summed E-state index contributed by atoms with van der Waals surface area (Å²) >= 11 is 5.58. The summed E-state index contributed by atoms with van der Waals surface area (Å²) in [5.74, 6) is -0.645. The molecule has 0 aliphatic carbocycles. The van der Waals surface area contributed by atoms with Gasteiger partial charge in [0.2, 0.25) is 0 Å². The maximum Gasteiger partial charge on any atom is 0.358 e. The van der Waals surface area contributed by atoms with E-state index in [2.05, 4.69) is 9.72 Å². The molecule has 66 valence electrons. The largest absolute Gasteiger partial charge is 0.464 e. The molecule has 0 spiro atoms. The van der Waals surface area contributed by atoms with E-state index in [1.807, 2.05) is 0 Å². The Morgan fingerprint density at radius 1 is 1.77 bits per heavy atom. The van der Waals surface area contributed by atoms with Crippen LogP contribution in [0.2, 0.25) is 5.02 Å². The van der Waals surface area contributed by atoms with Crippen molar-refractivity contribution in [1.29, 1.82) is 5.26 Å². The molecule has 0 saturated heterocycles. The Morgan fingerprint density at radius 3 is 3.00 bits per heavy atom. The lowest BCUT2D eigenvalue weighted by molar-refractivity contribution is 0.0593. The molecule has 0 aliphatic rings. The van der Waals surface area contributed by atoms with Crippen molar-refractivity contribution >= 4 is 17.6 Å². The lowest BCUT2D eigenvalue weighted by Gasteiger charge is -1.99. The maximum absolute atomic E-state index is 11.0. The van der Waals surface area contributed by atoms with E-state index >= 15 is 0 Å². The minimum absolute atomic E-state index is 0.0191. The number of nitriles is 1. The summed E-state index contributed by atoms with van der Waals surface area (Å²) in [6, 6.07) is 3.17. The number of pyridine rings is 1. The van der Waals surface area contributed by atoms with Crippen molar-refractivity contribution < 1.29 is 9.53 Å². The molecule has 0 radical (unpaired) electrons. The van der Waals surface area contributed by atoms with Gasteiger partial charge in [-0.2, -0.15) is 5.26 Å². The fourth-order valence-corrected chi connectivity index (χ4v) is 0.942. The van der Waals surface area contributed by atoms with Gasteiger partial charge in [-0.15, -0.1) is 0 Å². The molecule has 5 heteroatoms. The average molecular weight is 197 g/mol. The van der Waals surface area contributed by atoms with Gasteiger partial charge in [-0.3, -0.25) is 0 Å². The molecule has 1 rings (SSSR count). The molecule has 0 N–H and O–H groups in total. The van der Waals surface area contributed by atoms with Gasteiger partial charge < -0.3 is 4.74 Å². The van der Waals surface area contributed by atoms with E-state index in [1.165, 1.54) is 19.4 Å². The highest BCUT2D eigenvalue weighted by atomic mass is 35.5. The van der Waals surface area contributed by atoms with Crippen LogP contribution in [0.3, 0.4) is 0 Å². The second kappa shape index (κ2) is 3.87. The number of aromatic nitrogens is 1. The van der Waals surface area contributed by atoms with E-state index < -0.39 is 5.97 Å². The molecule has 0 unspecified atom stereocenters. The predicted octanol–water partition coefficient (Wildman–Crippen LogP) is 1.39. The Labute approximate surface area is 79.7 Å². The van der Waals surface area contributed by atoms with Crippen LogP contribution in [0.4, 0.5) is 0 Å². The van der Waals surface area contributed by atoms with Crippen molar-refractivity contribution in [3.05, 3.63) is 28.5 Å². The van der Waals surface area contributed by atoms with Gasteiger partial charge in [-0.25, -0.2) is 9.78 Å². The van der Waals surface area contributed by atoms with Crippen molar-refractivity contribution in [2.24, 2.45) is 0 Å². The normalized spacial score (nSPS) is 9.00. The number of hydrogen-bond donors (Lipinski definition) is 0. The first kappa shape index (κ1) is 9.49. The van der Waals surface area contributed by atoms with Crippen molar-refractivity contribution in [3.8, 4) is 6.07 Å². The quantitative estimate of drug-likeness (QED) is 0.637. The number of esters is 1. The second-order valence-electron chi connectivity index (χ2n) is 2.15. The molecule has 0 atom stereocenters. The van der Waals surface area contributed by atoms with Gasteiger partial charge in [-0.1, -0.05) is 11.6 Å². The van der Waals surface area contributed by atoms with Gasteiger partial charge in [0.25, 0.3) is 0 Å². The van der Waals surface area contributed by atoms with Gasteiger partial charge in [-0.05, 0) is 6.07 Å². The number of ether oxygens (including phenoxy) is 1. The van der Waals surface area contributed by atoms with E-state index in [4.69, 9.17) is 16.9 Å². The summed E-state index contributed by atoms with van der Waals surface area (Å²) in [5, 5.41) is 8.94. The molecular formula is C8H5ClN2O2. The molecule has 4 nitrogen and oxygen atoms in total. The van der Waals surface area contributed by atoms with Crippen LogP contribution in [0, 0.1) is 11.3 Å². The molecule has 0 fully saturated rings. The summed E-state index contributed by atoms with van der Waals surface area (Å²) in [6.45, 7) is 0. The summed E-state index contributed by atoms with van der Waals surface area (Å²) in [4.78, 5) is 14.7. The van der Waals surface area contributed by atoms with E-state index in [0.717, 1.165) is 0 Å². The van der Waals surface area contributed by atoms with Crippen LogP contribution in [0.15, 0.2) is 12.3 Å².